The molecule has 0 fully saturated rings. The lowest BCUT2D eigenvalue weighted by molar-refractivity contribution is -0.154. The van der Waals surface area contributed by atoms with Crippen LogP contribution in [-0.2, 0) is 41.7 Å². The minimum absolute atomic E-state index is 0.00812. The van der Waals surface area contributed by atoms with Gasteiger partial charge in [-0.1, -0.05) is 141 Å². The van der Waals surface area contributed by atoms with E-state index < -0.39 is 31.2 Å². The number of carbonyl (C=O) groups excluding carboxylic acids is 2. The van der Waals surface area contributed by atoms with Gasteiger partial charge in [0.05, 0.1) is 6.61 Å². The summed E-state index contributed by atoms with van der Waals surface area (Å²) in [5.41, 5.74) is 4.81. The maximum atomic E-state index is 14.1. The minimum Gasteiger partial charge on any atom is -0.466 e. The highest BCUT2D eigenvalue weighted by molar-refractivity contribution is 7.25. The predicted octanol–water partition coefficient (Wildman–Crippen LogP) is 7.97. The van der Waals surface area contributed by atoms with E-state index in [1.165, 1.54) is 11.1 Å². The fourth-order valence-corrected chi connectivity index (χ4v) is 8.49. The Kier molecular flexibility index (Phi) is 10.4. The first-order valence-electron chi connectivity index (χ1n) is 16.8. The molecule has 0 bridgehead atoms. The van der Waals surface area contributed by atoms with E-state index in [1.807, 2.05) is 97.1 Å². The van der Waals surface area contributed by atoms with Crippen LogP contribution in [0.4, 0.5) is 0 Å². The van der Waals surface area contributed by atoms with Crippen molar-refractivity contribution in [3.63, 3.8) is 0 Å². The Morgan fingerprint density at radius 2 is 1.31 bits per heavy atom. The molecule has 1 aliphatic rings. The fourth-order valence-electron chi connectivity index (χ4n) is 7.81. The highest BCUT2D eigenvalue weighted by Gasteiger charge is 2.51. The average Bonchev–Trinajstić information content (AvgIpc) is 3.27. The topological polar surface area (TPSA) is 92.7 Å². The third-order valence-corrected chi connectivity index (χ3v) is 10.7. The van der Waals surface area contributed by atoms with Crippen molar-refractivity contribution in [2.75, 3.05) is 6.61 Å². The predicted molar refractivity (Wildman–Crippen MR) is 191 cm³/mol. The van der Waals surface area contributed by atoms with Gasteiger partial charge >= 0.3 is 14.4 Å². The van der Waals surface area contributed by atoms with Gasteiger partial charge in [0.25, 0.3) is 5.34 Å². The quantitative estimate of drug-likeness (QED) is 0.0860. The van der Waals surface area contributed by atoms with E-state index in [9.17, 15) is 19.3 Å². The fraction of sp³-hybridized carbons (Fsp3) is 0.366. The van der Waals surface area contributed by atoms with E-state index in [-0.39, 0.29) is 42.6 Å². The number of aliphatic hydroxyl groups is 1. The van der Waals surface area contributed by atoms with Gasteiger partial charge in [-0.25, -0.2) is 0 Å². The lowest BCUT2D eigenvalue weighted by atomic mass is 9.76. The molecule has 6 nitrogen and oxygen atoms in total. The zero-order chi connectivity index (χ0) is 34.6. The molecule has 0 saturated carbocycles. The van der Waals surface area contributed by atoms with Gasteiger partial charge in [0.15, 0.2) is 0 Å². The Morgan fingerprint density at radius 1 is 0.812 bits per heavy atom. The highest BCUT2D eigenvalue weighted by Crippen LogP contribution is 2.50. The average molecular weight is 665 g/mol. The number of hydrogen-bond acceptors (Lipinski definition) is 5. The molecule has 250 valence electrons. The number of ether oxygens (including phenoxy) is 1. The molecule has 7 heteroatoms. The van der Waals surface area contributed by atoms with Crippen LogP contribution in [0.3, 0.4) is 0 Å². The first kappa shape index (κ1) is 35.2. The molecule has 48 heavy (non-hydrogen) atoms. The molecule has 2 N–H and O–H groups in total. The van der Waals surface area contributed by atoms with Crippen molar-refractivity contribution in [3.8, 4) is 0 Å². The second-order valence-electron chi connectivity index (χ2n) is 14.3. The van der Waals surface area contributed by atoms with Crippen molar-refractivity contribution in [2.45, 2.75) is 82.0 Å². The number of amides is 1. The van der Waals surface area contributed by atoms with Crippen LogP contribution >= 0.6 is 8.46 Å². The zero-order valence-electron chi connectivity index (χ0n) is 28.6. The van der Waals surface area contributed by atoms with Gasteiger partial charge < -0.3 is 15.2 Å². The van der Waals surface area contributed by atoms with Gasteiger partial charge in [0.1, 0.15) is 11.5 Å². The van der Waals surface area contributed by atoms with E-state index in [0.29, 0.717) is 0 Å². The van der Waals surface area contributed by atoms with Gasteiger partial charge in [-0.2, -0.15) is 0 Å². The zero-order valence-corrected chi connectivity index (χ0v) is 29.6. The van der Waals surface area contributed by atoms with Gasteiger partial charge in [-0.3, -0.25) is 9.59 Å². The van der Waals surface area contributed by atoms with Crippen LogP contribution in [0.15, 0.2) is 109 Å². The number of fused-ring (bicyclic) bond motifs is 1. The van der Waals surface area contributed by atoms with Crippen LogP contribution < -0.4 is 5.32 Å². The maximum Gasteiger partial charge on any atom is 0.360 e. The van der Waals surface area contributed by atoms with Gasteiger partial charge in [0.2, 0.25) is 5.91 Å². The number of benzene rings is 4. The minimum atomic E-state index is -1.92. The standard InChI is InChI=1S/C41H46NO5P/c1-6-47-37(44)34(40(45,48-46)27-29-22-23-33-35(26-29)39(4,5)28-38(33,2)3)24-25-36(43)42-41(30-16-10-7-11-17-30,31-18-12-8-13-19-31)32-20-14-9-15-21-32/h7-23,26,34,45H,6,24-25,27-28H2,1-5H3,(H,42,43)/p+1. The maximum absolute atomic E-state index is 14.1. The molecule has 5 rings (SSSR count). The number of nitrogens with one attached hydrogen (secondary N) is 1. The Balaban J connectivity index is 1.46. The summed E-state index contributed by atoms with van der Waals surface area (Å²) in [6.07, 6.45) is 0.833. The van der Waals surface area contributed by atoms with Crippen molar-refractivity contribution in [1.82, 2.24) is 5.32 Å². The largest absolute Gasteiger partial charge is 0.466 e. The number of rotatable bonds is 13. The third kappa shape index (κ3) is 7.02. The molecule has 4 aromatic rings. The summed E-state index contributed by atoms with van der Waals surface area (Å²) in [7, 11) is -1.21. The molecule has 1 amide bonds. The normalized spacial score (nSPS) is 16.8. The molecule has 4 aromatic carbocycles. The van der Waals surface area contributed by atoms with E-state index in [4.69, 9.17) is 4.74 Å². The molecule has 0 heterocycles. The summed E-state index contributed by atoms with van der Waals surface area (Å²) in [5.74, 6) is -2.17. The second-order valence-corrected chi connectivity index (χ2v) is 15.3. The molecule has 0 aliphatic heterocycles. The van der Waals surface area contributed by atoms with Crippen LogP contribution in [0.1, 0.15) is 87.3 Å². The Hall–Kier alpha value is -4.12. The molecule has 1 aliphatic carbocycles. The van der Waals surface area contributed by atoms with Gasteiger partial charge in [0, 0.05) is 12.8 Å². The molecule has 0 aromatic heterocycles. The number of hydrogen-bond donors (Lipinski definition) is 2. The Morgan fingerprint density at radius 3 is 1.79 bits per heavy atom. The summed E-state index contributed by atoms with van der Waals surface area (Å²) in [4.78, 5) is 27.5. The molecule has 0 saturated heterocycles. The lowest BCUT2D eigenvalue weighted by Crippen LogP contribution is -2.48. The Labute approximate surface area is 286 Å². The van der Waals surface area contributed by atoms with E-state index >= 15 is 0 Å². The van der Waals surface area contributed by atoms with Crippen LogP contribution in [0.5, 0.6) is 0 Å². The van der Waals surface area contributed by atoms with Crippen molar-refractivity contribution >= 4 is 20.3 Å². The van der Waals surface area contributed by atoms with E-state index in [0.717, 1.165) is 28.7 Å². The van der Waals surface area contributed by atoms with Crippen LogP contribution in [-0.4, -0.2) is 28.9 Å². The molecular weight excluding hydrogens is 617 g/mol. The van der Waals surface area contributed by atoms with E-state index in [1.54, 1.807) is 6.92 Å². The van der Waals surface area contributed by atoms with Crippen LogP contribution in [0, 0.1) is 5.92 Å². The summed E-state index contributed by atoms with van der Waals surface area (Å²) >= 11 is 0. The molecular formula is C41H47NO5P+. The van der Waals surface area contributed by atoms with Crippen LogP contribution in [0.2, 0.25) is 0 Å². The number of carbonyl (C=O) groups is 2. The molecule has 0 spiro atoms. The third-order valence-electron chi connectivity index (χ3n) is 9.83. The summed E-state index contributed by atoms with van der Waals surface area (Å²) < 4.78 is 18.3. The van der Waals surface area contributed by atoms with Gasteiger partial charge in [-0.15, -0.1) is 0 Å². The first-order chi connectivity index (χ1) is 22.9. The molecule has 3 unspecified atom stereocenters. The smallest absolute Gasteiger partial charge is 0.360 e. The molecule has 3 atom stereocenters. The SMILES string of the molecule is CCOC(=O)C(CCC(=O)NC(c1ccccc1)(c1ccccc1)c1ccccc1)C(O)(Cc1ccc2c(c1)C(C)(C)CC2(C)C)[PH+]=O. The summed E-state index contributed by atoms with van der Waals surface area (Å²) in [6, 6.07) is 35.5. The number of esters is 1. The second kappa shape index (κ2) is 14.2. The lowest BCUT2D eigenvalue weighted by Gasteiger charge is -2.37. The first-order valence-corrected chi connectivity index (χ1v) is 17.7. The van der Waals surface area contributed by atoms with Crippen molar-refractivity contribution in [3.05, 3.63) is 143 Å². The molecule has 0 radical (unpaired) electrons. The summed E-state index contributed by atoms with van der Waals surface area (Å²) in [5, 5.41) is 13.4. The van der Waals surface area contributed by atoms with Crippen molar-refractivity contribution in [1.29, 1.82) is 0 Å². The van der Waals surface area contributed by atoms with Crippen LogP contribution in [0.25, 0.3) is 0 Å². The van der Waals surface area contributed by atoms with E-state index in [2.05, 4.69) is 45.1 Å². The Bertz CT molecular complexity index is 1640. The highest BCUT2D eigenvalue weighted by atomic mass is 31.1. The monoisotopic (exact) mass is 664 g/mol. The van der Waals surface area contributed by atoms with Crippen molar-refractivity contribution < 1.29 is 24.0 Å². The van der Waals surface area contributed by atoms with Crippen molar-refractivity contribution in [2.24, 2.45) is 5.92 Å². The van der Waals surface area contributed by atoms with Gasteiger partial charge in [-0.05, 0) is 64.0 Å². The summed E-state index contributed by atoms with van der Waals surface area (Å²) in [6.45, 7) is 10.7.